The third-order valence-corrected chi connectivity index (χ3v) is 2.60. The van der Waals surface area contributed by atoms with E-state index in [1.165, 1.54) is 30.9 Å². The molecule has 2 heteroatoms. The molecule has 1 aliphatic rings. The van der Waals surface area contributed by atoms with Crippen molar-refractivity contribution in [2.75, 3.05) is 0 Å². The number of aryl methyl sites for hydroxylation is 2. The van der Waals surface area contributed by atoms with Gasteiger partial charge in [-0.3, -0.25) is 0 Å². The molecule has 0 saturated carbocycles. The highest BCUT2D eigenvalue weighted by Crippen LogP contribution is 2.18. The molecule has 0 radical (unpaired) electrons. The molecule has 0 bridgehead atoms. The van der Waals surface area contributed by atoms with Gasteiger partial charge in [-0.05, 0) is 30.9 Å². The van der Waals surface area contributed by atoms with Crippen LogP contribution < -0.4 is 5.63 Å². The van der Waals surface area contributed by atoms with Crippen LogP contribution in [0.1, 0.15) is 37.0 Å². The van der Waals surface area contributed by atoms with Crippen LogP contribution in [-0.2, 0) is 12.8 Å². The lowest BCUT2D eigenvalue weighted by Gasteiger charge is -2.10. The summed E-state index contributed by atoms with van der Waals surface area (Å²) in [6.45, 7) is 0. The second-order valence-corrected chi connectivity index (χ2v) is 3.62. The minimum absolute atomic E-state index is 0.209. The van der Waals surface area contributed by atoms with Crippen LogP contribution in [0.25, 0.3) is 0 Å². The molecule has 0 N–H and O–H groups in total. The Morgan fingerprint density at radius 2 is 1.77 bits per heavy atom. The zero-order chi connectivity index (χ0) is 9.10. The van der Waals surface area contributed by atoms with E-state index in [0.29, 0.717) is 0 Å². The van der Waals surface area contributed by atoms with E-state index in [4.69, 9.17) is 4.42 Å². The third-order valence-electron chi connectivity index (χ3n) is 2.60. The first-order chi connectivity index (χ1) is 6.36. The predicted octanol–water partition coefficient (Wildman–Crippen LogP) is 2.30. The van der Waals surface area contributed by atoms with Gasteiger partial charge in [-0.1, -0.05) is 12.8 Å². The Kier molecular flexibility index (Phi) is 2.48. The highest BCUT2D eigenvalue weighted by atomic mass is 16.4. The molecule has 0 amide bonds. The molecule has 1 heterocycles. The van der Waals surface area contributed by atoms with E-state index < -0.39 is 0 Å². The first-order valence-corrected chi connectivity index (χ1v) is 4.98. The van der Waals surface area contributed by atoms with Gasteiger partial charge in [0.2, 0.25) is 0 Å². The summed E-state index contributed by atoms with van der Waals surface area (Å²) in [6, 6.07) is 3.45. The van der Waals surface area contributed by atoms with Crippen molar-refractivity contribution in [3.63, 3.8) is 0 Å². The normalized spacial score (nSPS) is 17.2. The molecule has 0 spiro atoms. The van der Waals surface area contributed by atoms with Crippen molar-refractivity contribution in [3.8, 4) is 0 Å². The molecule has 0 atom stereocenters. The van der Waals surface area contributed by atoms with Gasteiger partial charge >= 0.3 is 5.63 Å². The SMILES string of the molecule is O=c1ccc2c(o1)CCCCCC2. The molecule has 0 saturated heterocycles. The fourth-order valence-electron chi connectivity index (χ4n) is 1.87. The summed E-state index contributed by atoms with van der Waals surface area (Å²) in [6.07, 6.45) is 6.95. The van der Waals surface area contributed by atoms with Crippen LogP contribution in [0, 0.1) is 0 Å². The zero-order valence-corrected chi connectivity index (χ0v) is 7.71. The molecule has 1 aliphatic carbocycles. The first kappa shape index (κ1) is 8.54. The van der Waals surface area contributed by atoms with Gasteiger partial charge in [0.1, 0.15) is 5.76 Å². The average Bonchev–Trinajstić information content (AvgIpc) is 2.08. The van der Waals surface area contributed by atoms with Gasteiger partial charge < -0.3 is 4.42 Å². The molecule has 0 aliphatic heterocycles. The van der Waals surface area contributed by atoms with Crippen LogP contribution in [0.5, 0.6) is 0 Å². The fourth-order valence-corrected chi connectivity index (χ4v) is 1.87. The quantitative estimate of drug-likeness (QED) is 0.610. The molecule has 0 fully saturated rings. The highest BCUT2D eigenvalue weighted by molar-refractivity contribution is 5.17. The molecule has 0 unspecified atom stereocenters. The maximum absolute atomic E-state index is 11.0. The topological polar surface area (TPSA) is 30.2 Å². The second-order valence-electron chi connectivity index (χ2n) is 3.62. The lowest BCUT2D eigenvalue weighted by atomic mass is 9.98. The predicted molar refractivity (Wildman–Crippen MR) is 50.9 cm³/mol. The second kappa shape index (κ2) is 3.77. The van der Waals surface area contributed by atoms with Crippen molar-refractivity contribution >= 4 is 0 Å². The van der Waals surface area contributed by atoms with E-state index in [2.05, 4.69) is 0 Å². The monoisotopic (exact) mass is 178 g/mol. The molecular weight excluding hydrogens is 164 g/mol. The van der Waals surface area contributed by atoms with Gasteiger partial charge in [0.05, 0.1) is 0 Å². The summed E-state index contributed by atoms with van der Waals surface area (Å²) in [5.41, 5.74) is 1.03. The highest BCUT2D eigenvalue weighted by Gasteiger charge is 2.08. The first-order valence-electron chi connectivity index (χ1n) is 4.98. The van der Waals surface area contributed by atoms with Crippen molar-refractivity contribution in [2.24, 2.45) is 0 Å². The van der Waals surface area contributed by atoms with Crippen LogP contribution in [-0.4, -0.2) is 0 Å². The Hall–Kier alpha value is -1.05. The van der Waals surface area contributed by atoms with Gasteiger partial charge in [-0.15, -0.1) is 0 Å². The number of hydrogen-bond acceptors (Lipinski definition) is 2. The third kappa shape index (κ3) is 2.00. The van der Waals surface area contributed by atoms with Crippen molar-refractivity contribution in [1.29, 1.82) is 0 Å². The lowest BCUT2D eigenvalue weighted by molar-refractivity contribution is 0.431. The lowest BCUT2D eigenvalue weighted by Crippen LogP contribution is -2.05. The van der Waals surface area contributed by atoms with E-state index in [-0.39, 0.29) is 5.63 Å². The number of hydrogen-bond donors (Lipinski definition) is 0. The zero-order valence-electron chi connectivity index (χ0n) is 7.71. The standard InChI is InChI=1S/C11H14O2/c12-11-8-7-9-5-3-1-2-4-6-10(9)13-11/h7-8H,1-6H2. The average molecular weight is 178 g/mol. The maximum Gasteiger partial charge on any atom is 0.335 e. The fraction of sp³-hybridized carbons (Fsp3) is 0.545. The summed E-state index contributed by atoms with van der Waals surface area (Å²) in [4.78, 5) is 11.0. The van der Waals surface area contributed by atoms with Crippen LogP contribution in [0.15, 0.2) is 21.3 Å². The Balaban J connectivity index is 2.33. The van der Waals surface area contributed by atoms with Crippen molar-refractivity contribution < 1.29 is 4.42 Å². The molecule has 70 valence electrons. The Morgan fingerprint density at radius 3 is 2.62 bits per heavy atom. The molecule has 1 aromatic rings. The minimum atomic E-state index is -0.209. The smallest absolute Gasteiger partial charge is 0.335 e. The van der Waals surface area contributed by atoms with E-state index in [1.807, 2.05) is 6.07 Å². The van der Waals surface area contributed by atoms with Crippen molar-refractivity contribution in [3.05, 3.63) is 33.9 Å². The maximum atomic E-state index is 11.0. The molecule has 2 nitrogen and oxygen atoms in total. The summed E-state index contributed by atoms with van der Waals surface area (Å²) < 4.78 is 5.18. The summed E-state index contributed by atoms with van der Waals surface area (Å²) in [5.74, 6) is 0.923. The van der Waals surface area contributed by atoms with E-state index in [1.54, 1.807) is 0 Å². The molecule has 2 rings (SSSR count). The van der Waals surface area contributed by atoms with E-state index in [0.717, 1.165) is 25.0 Å². The molecular formula is C11H14O2. The molecule has 0 aromatic carbocycles. The van der Waals surface area contributed by atoms with E-state index in [9.17, 15) is 4.79 Å². The van der Waals surface area contributed by atoms with Gasteiger partial charge in [0.15, 0.2) is 0 Å². The Labute approximate surface area is 77.6 Å². The Bertz CT molecular complexity index is 338. The van der Waals surface area contributed by atoms with Gasteiger partial charge in [-0.2, -0.15) is 0 Å². The number of rotatable bonds is 0. The minimum Gasteiger partial charge on any atom is -0.428 e. The molecule has 13 heavy (non-hydrogen) atoms. The number of fused-ring (bicyclic) bond motifs is 1. The van der Waals surface area contributed by atoms with Gasteiger partial charge in [0.25, 0.3) is 0 Å². The van der Waals surface area contributed by atoms with Crippen LogP contribution in [0.3, 0.4) is 0 Å². The van der Waals surface area contributed by atoms with Crippen molar-refractivity contribution in [2.45, 2.75) is 38.5 Å². The van der Waals surface area contributed by atoms with Crippen LogP contribution in [0.2, 0.25) is 0 Å². The van der Waals surface area contributed by atoms with Gasteiger partial charge in [-0.25, -0.2) is 4.79 Å². The van der Waals surface area contributed by atoms with Crippen LogP contribution >= 0.6 is 0 Å². The largest absolute Gasteiger partial charge is 0.428 e. The van der Waals surface area contributed by atoms with Crippen molar-refractivity contribution in [1.82, 2.24) is 0 Å². The molecule has 1 aromatic heterocycles. The Morgan fingerprint density at radius 1 is 1.00 bits per heavy atom. The van der Waals surface area contributed by atoms with Gasteiger partial charge in [0, 0.05) is 12.5 Å². The van der Waals surface area contributed by atoms with E-state index >= 15 is 0 Å². The summed E-state index contributed by atoms with van der Waals surface area (Å²) in [5, 5.41) is 0. The summed E-state index contributed by atoms with van der Waals surface area (Å²) >= 11 is 0. The van der Waals surface area contributed by atoms with Crippen LogP contribution in [0.4, 0.5) is 0 Å². The summed E-state index contributed by atoms with van der Waals surface area (Å²) in [7, 11) is 0.